The van der Waals surface area contributed by atoms with Crippen molar-refractivity contribution in [1.82, 2.24) is 15.5 Å². The van der Waals surface area contributed by atoms with Gasteiger partial charge in [-0.2, -0.15) is 0 Å². The standard InChI is InChI=1S/C18H27N3O2/c1-12(2)16(18(23)21(4)15-9-10-19-11-15)20-17(22)14-7-5-13(3)6-8-14/h5-8,12,15-16,19H,9-11H2,1-4H3,(H,20,22). The van der Waals surface area contributed by atoms with Gasteiger partial charge >= 0.3 is 0 Å². The number of likely N-dealkylation sites (N-methyl/N-ethyl adjacent to an activating group) is 1. The largest absolute Gasteiger partial charge is 0.340 e. The lowest BCUT2D eigenvalue weighted by Gasteiger charge is -2.30. The van der Waals surface area contributed by atoms with E-state index in [1.807, 2.05) is 40.0 Å². The zero-order chi connectivity index (χ0) is 17.0. The minimum absolute atomic E-state index is 0.0193. The highest BCUT2D eigenvalue weighted by atomic mass is 16.2. The van der Waals surface area contributed by atoms with Gasteiger partial charge in [-0.3, -0.25) is 9.59 Å². The van der Waals surface area contributed by atoms with E-state index < -0.39 is 6.04 Å². The molecular formula is C18H27N3O2. The summed E-state index contributed by atoms with van der Waals surface area (Å²) in [5.74, 6) is -0.183. The molecule has 2 N–H and O–H groups in total. The van der Waals surface area contributed by atoms with E-state index in [0.29, 0.717) is 5.56 Å². The lowest BCUT2D eigenvalue weighted by molar-refractivity contribution is -0.134. The number of benzene rings is 1. The molecular weight excluding hydrogens is 290 g/mol. The smallest absolute Gasteiger partial charge is 0.251 e. The molecule has 0 aromatic heterocycles. The molecule has 1 aromatic rings. The number of carbonyl (C=O) groups is 2. The number of nitrogens with zero attached hydrogens (tertiary/aromatic N) is 1. The van der Waals surface area contributed by atoms with Crippen molar-refractivity contribution >= 4 is 11.8 Å². The van der Waals surface area contributed by atoms with Gasteiger partial charge in [0.15, 0.2) is 0 Å². The maximum Gasteiger partial charge on any atom is 0.251 e. The molecule has 5 heteroatoms. The van der Waals surface area contributed by atoms with E-state index in [1.165, 1.54) is 0 Å². The minimum Gasteiger partial charge on any atom is -0.340 e. The molecule has 5 nitrogen and oxygen atoms in total. The normalized spacial score (nSPS) is 18.7. The molecule has 2 amide bonds. The van der Waals surface area contributed by atoms with Gasteiger partial charge < -0.3 is 15.5 Å². The van der Waals surface area contributed by atoms with Crippen molar-refractivity contribution in [2.75, 3.05) is 20.1 Å². The Hall–Kier alpha value is -1.88. The minimum atomic E-state index is -0.505. The van der Waals surface area contributed by atoms with Crippen molar-refractivity contribution < 1.29 is 9.59 Å². The molecule has 2 rings (SSSR count). The molecule has 0 radical (unpaired) electrons. The fourth-order valence-corrected chi connectivity index (χ4v) is 2.81. The molecule has 0 bridgehead atoms. The summed E-state index contributed by atoms with van der Waals surface area (Å²) in [4.78, 5) is 27.0. The van der Waals surface area contributed by atoms with Gasteiger partial charge in [-0.1, -0.05) is 31.5 Å². The van der Waals surface area contributed by atoms with Crippen LogP contribution in [0.5, 0.6) is 0 Å². The average molecular weight is 317 g/mol. The lowest BCUT2D eigenvalue weighted by Crippen LogP contribution is -2.53. The second-order valence-electron chi connectivity index (χ2n) is 6.66. The summed E-state index contributed by atoms with van der Waals surface area (Å²) < 4.78 is 0. The number of nitrogens with one attached hydrogen (secondary N) is 2. The van der Waals surface area contributed by atoms with Crippen LogP contribution in [0.4, 0.5) is 0 Å². The topological polar surface area (TPSA) is 61.4 Å². The van der Waals surface area contributed by atoms with Crippen LogP contribution in [0.15, 0.2) is 24.3 Å². The number of hydrogen-bond donors (Lipinski definition) is 2. The second-order valence-corrected chi connectivity index (χ2v) is 6.66. The predicted molar refractivity (Wildman–Crippen MR) is 91.3 cm³/mol. The van der Waals surface area contributed by atoms with Gasteiger partial charge in [-0.15, -0.1) is 0 Å². The van der Waals surface area contributed by atoms with Crippen molar-refractivity contribution in [3.05, 3.63) is 35.4 Å². The summed E-state index contributed by atoms with van der Waals surface area (Å²) in [6.45, 7) is 7.65. The SMILES string of the molecule is Cc1ccc(C(=O)NC(C(=O)N(C)C2CCNC2)C(C)C)cc1. The average Bonchev–Trinajstić information content (AvgIpc) is 3.05. The quantitative estimate of drug-likeness (QED) is 0.866. The van der Waals surface area contributed by atoms with Crippen molar-refractivity contribution in [3.8, 4) is 0 Å². The Morgan fingerprint density at radius 2 is 1.91 bits per heavy atom. The Bertz CT molecular complexity index is 548. The summed E-state index contributed by atoms with van der Waals surface area (Å²) >= 11 is 0. The van der Waals surface area contributed by atoms with Crippen molar-refractivity contribution in [3.63, 3.8) is 0 Å². The summed E-state index contributed by atoms with van der Waals surface area (Å²) in [6.07, 6.45) is 0.957. The molecule has 2 atom stereocenters. The van der Waals surface area contributed by atoms with Crippen LogP contribution < -0.4 is 10.6 Å². The molecule has 1 fully saturated rings. The maximum absolute atomic E-state index is 12.8. The van der Waals surface area contributed by atoms with Crippen LogP contribution >= 0.6 is 0 Å². The van der Waals surface area contributed by atoms with Gasteiger partial charge in [-0.25, -0.2) is 0 Å². The first kappa shape index (κ1) is 17.5. The zero-order valence-corrected chi connectivity index (χ0v) is 14.4. The van der Waals surface area contributed by atoms with E-state index in [9.17, 15) is 9.59 Å². The molecule has 1 saturated heterocycles. The first-order valence-corrected chi connectivity index (χ1v) is 8.25. The van der Waals surface area contributed by atoms with Crippen molar-refractivity contribution in [2.24, 2.45) is 5.92 Å². The summed E-state index contributed by atoms with van der Waals surface area (Å²) in [6, 6.07) is 7.08. The third-order valence-electron chi connectivity index (χ3n) is 4.46. The Balaban J connectivity index is 2.06. The van der Waals surface area contributed by atoms with Crippen LogP contribution in [0.2, 0.25) is 0 Å². The molecule has 126 valence electrons. The molecule has 2 unspecified atom stereocenters. The van der Waals surface area contributed by atoms with Gasteiger partial charge in [0.1, 0.15) is 6.04 Å². The third-order valence-corrected chi connectivity index (χ3v) is 4.46. The number of rotatable bonds is 5. The molecule has 23 heavy (non-hydrogen) atoms. The van der Waals surface area contributed by atoms with Gasteiger partial charge in [0.25, 0.3) is 5.91 Å². The van der Waals surface area contributed by atoms with Crippen LogP contribution in [-0.4, -0.2) is 48.9 Å². The molecule has 0 aliphatic carbocycles. The molecule has 1 aliphatic rings. The van der Waals surface area contributed by atoms with E-state index in [0.717, 1.165) is 25.1 Å². The van der Waals surface area contributed by atoms with E-state index in [4.69, 9.17) is 0 Å². The van der Waals surface area contributed by atoms with Crippen LogP contribution in [0.3, 0.4) is 0 Å². The van der Waals surface area contributed by atoms with Crippen LogP contribution in [-0.2, 0) is 4.79 Å². The highest BCUT2D eigenvalue weighted by molar-refractivity contribution is 5.97. The molecule has 0 saturated carbocycles. The van der Waals surface area contributed by atoms with E-state index in [1.54, 1.807) is 17.0 Å². The van der Waals surface area contributed by atoms with E-state index in [-0.39, 0.29) is 23.8 Å². The number of amides is 2. The Labute approximate surface area is 138 Å². The molecule has 1 aromatic carbocycles. The molecule has 0 spiro atoms. The number of hydrogen-bond acceptors (Lipinski definition) is 3. The number of carbonyl (C=O) groups excluding carboxylic acids is 2. The van der Waals surface area contributed by atoms with Gasteiger partial charge in [0.2, 0.25) is 5.91 Å². The Kier molecular flexibility index (Phi) is 5.77. The fraction of sp³-hybridized carbons (Fsp3) is 0.556. The summed E-state index contributed by atoms with van der Waals surface area (Å²) in [5, 5.41) is 6.17. The first-order chi connectivity index (χ1) is 10.9. The van der Waals surface area contributed by atoms with Crippen LogP contribution in [0.25, 0.3) is 0 Å². The van der Waals surface area contributed by atoms with Gasteiger partial charge in [-0.05, 0) is 37.9 Å². The summed E-state index contributed by atoms with van der Waals surface area (Å²) in [7, 11) is 1.83. The van der Waals surface area contributed by atoms with Crippen molar-refractivity contribution in [1.29, 1.82) is 0 Å². The second kappa shape index (κ2) is 7.59. The van der Waals surface area contributed by atoms with Crippen LogP contribution in [0.1, 0.15) is 36.2 Å². The summed E-state index contributed by atoms with van der Waals surface area (Å²) in [5.41, 5.74) is 1.69. The monoisotopic (exact) mass is 317 g/mol. The number of aryl methyl sites for hydroxylation is 1. The van der Waals surface area contributed by atoms with E-state index >= 15 is 0 Å². The van der Waals surface area contributed by atoms with Crippen molar-refractivity contribution in [2.45, 2.75) is 39.3 Å². The van der Waals surface area contributed by atoms with Gasteiger partial charge in [0.05, 0.1) is 0 Å². The zero-order valence-electron chi connectivity index (χ0n) is 14.4. The first-order valence-electron chi connectivity index (χ1n) is 8.25. The molecule has 1 aliphatic heterocycles. The highest BCUT2D eigenvalue weighted by Gasteiger charge is 2.31. The third kappa shape index (κ3) is 4.32. The van der Waals surface area contributed by atoms with Crippen LogP contribution in [0, 0.1) is 12.8 Å². The van der Waals surface area contributed by atoms with E-state index in [2.05, 4.69) is 10.6 Å². The Morgan fingerprint density at radius 1 is 1.26 bits per heavy atom. The fourth-order valence-electron chi connectivity index (χ4n) is 2.81. The lowest BCUT2D eigenvalue weighted by atomic mass is 10.0. The molecule has 1 heterocycles. The maximum atomic E-state index is 12.8. The highest BCUT2D eigenvalue weighted by Crippen LogP contribution is 2.13. The Morgan fingerprint density at radius 3 is 2.43 bits per heavy atom. The predicted octanol–water partition coefficient (Wildman–Crippen LogP) is 1.57. The van der Waals surface area contributed by atoms with Gasteiger partial charge in [0, 0.05) is 25.2 Å².